The Morgan fingerprint density at radius 1 is 1.52 bits per heavy atom. The van der Waals surface area contributed by atoms with Crippen LogP contribution in [0.4, 0.5) is 5.69 Å². The number of hydrogen-bond donors (Lipinski definition) is 2. The highest BCUT2D eigenvalue weighted by Gasteiger charge is 2.23. The Kier molecular flexibility index (Phi) is 5.16. The van der Waals surface area contributed by atoms with Gasteiger partial charge in [-0.1, -0.05) is 23.4 Å². The Morgan fingerprint density at radius 2 is 2.29 bits per heavy atom. The van der Waals surface area contributed by atoms with Crippen molar-refractivity contribution in [1.82, 2.24) is 5.32 Å². The zero-order chi connectivity index (χ0) is 15.2. The van der Waals surface area contributed by atoms with Gasteiger partial charge in [0.15, 0.2) is 0 Å². The molecular weight excluding hydrogens is 270 g/mol. The van der Waals surface area contributed by atoms with Crippen molar-refractivity contribution in [2.45, 2.75) is 19.4 Å². The summed E-state index contributed by atoms with van der Waals surface area (Å²) in [6.07, 6.45) is 0.619. The number of rotatable bonds is 5. The van der Waals surface area contributed by atoms with Gasteiger partial charge in [-0.3, -0.25) is 4.79 Å². The van der Waals surface area contributed by atoms with Crippen LogP contribution in [0.5, 0.6) is 0 Å². The van der Waals surface area contributed by atoms with Crippen LogP contribution in [0.15, 0.2) is 29.4 Å². The van der Waals surface area contributed by atoms with E-state index in [0.29, 0.717) is 25.3 Å². The van der Waals surface area contributed by atoms with E-state index in [1.165, 1.54) is 0 Å². The summed E-state index contributed by atoms with van der Waals surface area (Å²) in [4.78, 5) is 14.1. The molecular formula is C15H21N3O3. The van der Waals surface area contributed by atoms with Crippen LogP contribution in [0, 0.1) is 0 Å². The fourth-order valence-electron chi connectivity index (χ4n) is 2.54. The van der Waals surface area contributed by atoms with Crippen LogP contribution in [0.25, 0.3) is 0 Å². The Labute approximate surface area is 124 Å². The molecule has 0 saturated carbocycles. The number of carbonyl (C=O) groups is 1. The monoisotopic (exact) mass is 291 g/mol. The van der Waals surface area contributed by atoms with E-state index in [1.807, 2.05) is 36.1 Å². The molecule has 21 heavy (non-hydrogen) atoms. The van der Waals surface area contributed by atoms with Gasteiger partial charge in [-0.15, -0.1) is 0 Å². The third-order valence-electron chi connectivity index (χ3n) is 3.45. The van der Waals surface area contributed by atoms with Gasteiger partial charge < -0.3 is 20.2 Å². The first-order valence-electron chi connectivity index (χ1n) is 6.99. The fourth-order valence-corrected chi connectivity index (χ4v) is 2.54. The van der Waals surface area contributed by atoms with Crippen LogP contribution in [-0.4, -0.2) is 49.7 Å². The SMILES string of the molecule is COCC(C)NC(=O)CN1CCC(=NO)c2ccccc21. The Bertz CT molecular complexity index is 531. The number of nitrogens with one attached hydrogen (secondary N) is 1. The molecule has 0 radical (unpaired) electrons. The molecule has 1 heterocycles. The molecule has 1 unspecified atom stereocenters. The van der Waals surface area contributed by atoms with Gasteiger partial charge in [0.1, 0.15) is 0 Å². The molecule has 0 aliphatic carbocycles. The summed E-state index contributed by atoms with van der Waals surface area (Å²) < 4.78 is 5.01. The first-order chi connectivity index (χ1) is 10.2. The summed E-state index contributed by atoms with van der Waals surface area (Å²) in [5.41, 5.74) is 2.46. The second kappa shape index (κ2) is 7.08. The average molecular weight is 291 g/mol. The summed E-state index contributed by atoms with van der Waals surface area (Å²) in [6.45, 7) is 3.33. The van der Waals surface area contributed by atoms with Crippen LogP contribution >= 0.6 is 0 Å². The molecule has 2 rings (SSSR count). The second-order valence-corrected chi connectivity index (χ2v) is 5.16. The number of carbonyl (C=O) groups excluding carboxylic acids is 1. The van der Waals surface area contributed by atoms with Gasteiger partial charge in [-0.05, 0) is 13.0 Å². The summed E-state index contributed by atoms with van der Waals surface area (Å²) in [6, 6.07) is 7.64. The number of oxime groups is 1. The molecule has 6 heteroatoms. The van der Waals surface area contributed by atoms with E-state index in [0.717, 1.165) is 11.3 Å². The predicted molar refractivity (Wildman–Crippen MR) is 81.1 cm³/mol. The highest BCUT2D eigenvalue weighted by Crippen LogP contribution is 2.26. The van der Waals surface area contributed by atoms with Crippen LogP contribution in [0.2, 0.25) is 0 Å². The van der Waals surface area contributed by atoms with Gasteiger partial charge >= 0.3 is 0 Å². The van der Waals surface area contributed by atoms with Gasteiger partial charge in [-0.2, -0.15) is 0 Å². The molecule has 1 amide bonds. The van der Waals surface area contributed by atoms with E-state index < -0.39 is 0 Å². The minimum absolute atomic E-state index is 0.0166. The fraction of sp³-hybridized carbons (Fsp3) is 0.467. The Morgan fingerprint density at radius 3 is 3.00 bits per heavy atom. The lowest BCUT2D eigenvalue weighted by atomic mass is 9.99. The summed E-state index contributed by atoms with van der Waals surface area (Å²) in [7, 11) is 1.61. The Hall–Kier alpha value is -2.08. The Balaban J connectivity index is 2.06. The number of methoxy groups -OCH3 is 1. The number of ether oxygens (including phenoxy) is 1. The van der Waals surface area contributed by atoms with Gasteiger partial charge in [-0.25, -0.2) is 0 Å². The number of para-hydroxylation sites is 1. The number of hydrogen-bond acceptors (Lipinski definition) is 5. The van der Waals surface area contributed by atoms with Crippen LogP contribution in [0.3, 0.4) is 0 Å². The average Bonchev–Trinajstić information content (AvgIpc) is 2.47. The van der Waals surface area contributed by atoms with Crippen molar-refractivity contribution in [1.29, 1.82) is 0 Å². The lowest BCUT2D eigenvalue weighted by Gasteiger charge is -2.31. The minimum Gasteiger partial charge on any atom is -0.411 e. The molecule has 1 atom stereocenters. The van der Waals surface area contributed by atoms with E-state index in [-0.39, 0.29) is 18.5 Å². The number of fused-ring (bicyclic) bond motifs is 1. The van der Waals surface area contributed by atoms with E-state index in [1.54, 1.807) is 7.11 Å². The van der Waals surface area contributed by atoms with E-state index in [4.69, 9.17) is 9.94 Å². The number of amides is 1. The first-order valence-corrected chi connectivity index (χ1v) is 6.99. The highest BCUT2D eigenvalue weighted by atomic mass is 16.5. The maximum absolute atomic E-state index is 12.1. The normalized spacial score (nSPS) is 17.4. The topological polar surface area (TPSA) is 74.2 Å². The molecule has 114 valence electrons. The van der Waals surface area contributed by atoms with Gasteiger partial charge in [0.25, 0.3) is 0 Å². The number of nitrogens with zero attached hydrogens (tertiary/aromatic N) is 2. The summed E-state index contributed by atoms with van der Waals surface area (Å²) >= 11 is 0. The third kappa shape index (κ3) is 3.72. The van der Waals surface area contributed by atoms with Crippen LogP contribution in [0.1, 0.15) is 18.9 Å². The standard InChI is InChI=1S/C15H21N3O3/c1-11(10-21-2)16-15(19)9-18-8-7-13(17-20)12-5-3-4-6-14(12)18/h3-6,11,20H,7-10H2,1-2H3,(H,16,19). The quantitative estimate of drug-likeness (QED) is 0.632. The van der Waals surface area contributed by atoms with Crippen molar-refractivity contribution in [3.63, 3.8) is 0 Å². The van der Waals surface area contributed by atoms with Crippen molar-refractivity contribution in [3.8, 4) is 0 Å². The molecule has 1 aromatic carbocycles. The van der Waals surface area contributed by atoms with Gasteiger partial charge in [0.2, 0.25) is 5.91 Å². The largest absolute Gasteiger partial charge is 0.411 e. The lowest BCUT2D eigenvalue weighted by Crippen LogP contribution is -2.44. The molecule has 6 nitrogen and oxygen atoms in total. The van der Waals surface area contributed by atoms with Crippen molar-refractivity contribution in [3.05, 3.63) is 29.8 Å². The first kappa shape index (κ1) is 15.3. The maximum Gasteiger partial charge on any atom is 0.239 e. The van der Waals surface area contributed by atoms with Gasteiger partial charge in [0.05, 0.1) is 18.9 Å². The molecule has 1 aliphatic rings. The smallest absolute Gasteiger partial charge is 0.239 e. The van der Waals surface area contributed by atoms with E-state index >= 15 is 0 Å². The molecule has 1 aromatic rings. The lowest BCUT2D eigenvalue weighted by molar-refractivity contribution is -0.120. The molecule has 1 aliphatic heterocycles. The minimum atomic E-state index is -0.0428. The van der Waals surface area contributed by atoms with Crippen molar-refractivity contribution >= 4 is 17.3 Å². The maximum atomic E-state index is 12.1. The second-order valence-electron chi connectivity index (χ2n) is 5.16. The molecule has 0 saturated heterocycles. The highest BCUT2D eigenvalue weighted by molar-refractivity contribution is 6.07. The van der Waals surface area contributed by atoms with Crippen LogP contribution < -0.4 is 10.2 Å². The number of anilines is 1. The van der Waals surface area contributed by atoms with Crippen molar-refractivity contribution < 1.29 is 14.7 Å². The zero-order valence-electron chi connectivity index (χ0n) is 12.4. The molecule has 0 aromatic heterocycles. The predicted octanol–water partition coefficient (Wildman–Crippen LogP) is 1.23. The molecule has 0 fully saturated rings. The molecule has 2 N–H and O–H groups in total. The molecule has 0 bridgehead atoms. The van der Waals surface area contributed by atoms with Gasteiger partial charge in [0, 0.05) is 37.4 Å². The van der Waals surface area contributed by atoms with Crippen LogP contribution in [-0.2, 0) is 9.53 Å². The van der Waals surface area contributed by atoms with Crippen molar-refractivity contribution in [2.75, 3.05) is 31.7 Å². The third-order valence-corrected chi connectivity index (χ3v) is 3.45. The van der Waals surface area contributed by atoms with Crippen molar-refractivity contribution in [2.24, 2.45) is 5.16 Å². The summed E-state index contributed by atoms with van der Waals surface area (Å²) in [5.74, 6) is -0.0428. The summed E-state index contributed by atoms with van der Waals surface area (Å²) in [5, 5.41) is 15.3. The zero-order valence-corrected chi connectivity index (χ0v) is 12.4. The number of benzene rings is 1. The molecule has 0 spiro atoms. The van der Waals surface area contributed by atoms with E-state index in [2.05, 4.69) is 10.5 Å². The van der Waals surface area contributed by atoms with E-state index in [9.17, 15) is 4.79 Å².